The van der Waals surface area contributed by atoms with Gasteiger partial charge in [-0.3, -0.25) is 4.79 Å². The van der Waals surface area contributed by atoms with Gasteiger partial charge < -0.3 is 9.64 Å². The molecule has 1 aliphatic heterocycles. The van der Waals surface area contributed by atoms with Crippen molar-refractivity contribution >= 4 is 15.9 Å². The second kappa shape index (κ2) is 8.16. The van der Waals surface area contributed by atoms with Crippen LogP contribution in [0.1, 0.15) is 45.9 Å². The lowest BCUT2D eigenvalue weighted by atomic mass is 9.99. The lowest BCUT2D eigenvalue weighted by Gasteiger charge is -2.26. The molecule has 0 saturated carbocycles. The Labute approximate surface area is 173 Å². The highest BCUT2D eigenvalue weighted by molar-refractivity contribution is 7.89. The molecule has 1 atom stereocenters. The van der Waals surface area contributed by atoms with Crippen molar-refractivity contribution < 1.29 is 17.9 Å². The number of sulfonamides is 1. The Balaban J connectivity index is 1.99. The van der Waals surface area contributed by atoms with E-state index < -0.39 is 10.0 Å². The van der Waals surface area contributed by atoms with Crippen molar-refractivity contribution in [3.05, 3.63) is 58.7 Å². The molecule has 0 aromatic heterocycles. The third-order valence-corrected chi connectivity index (χ3v) is 7.15. The molecule has 7 heteroatoms. The van der Waals surface area contributed by atoms with Gasteiger partial charge in [-0.05, 0) is 50.5 Å². The van der Waals surface area contributed by atoms with Gasteiger partial charge in [0.2, 0.25) is 10.0 Å². The number of nitrogens with zero attached hydrogens (tertiary/aromatic N) is 2. The van der Waals surface area contributed by atoms with Crippen LogP contribution in [0.4, 0.5) is 0 Å². The van der Waals surface area contributed by atoms with Gasteiger partial charge in [0.25, 0.3) is 5.91 Å². The van der Waals surface area contributed by atoms with Crippen LogP contribution in [0.3, 0.4) is 0 Å². The summed E-state index contributed by atoms with van der Waals surface area (Å²) in [5, 5.41) is 0. The van der Waals surface area contributed by atoms with Crippen molar-refractivity contribution in [2.24, 2.45) is 0 Å². The normalized spacial score (nSPS) is 17.0. The number of amides is 1. The van der Waals surface area contributed by atoms with E-state index in [-0.39, 0.29) is 22.6 Å². The van der Waals surface area contributed by atoms with E-state index in [1.165, 1.54) is 38.4 Å². The van der Waals surface area contributed by atoms with Crippen LogP contribution in [0.5, 0.6) is 5.75 Å². The first-order valence-electron chi connectivity index (χ1n) is 9.65. The molecule has 1 unspecified atom stereocenters. The average molecular weight is 417 g/mol. The zero-order valence-corrected chi connectivity index (χ0v) is 18.4. The van der Waals surface area contributed by atoms with Crippen molar-refractivity contribution in [2.45, 2.75) is 37.6 Å². The van der Waals surface area contributed by atoms with Gasteiger partial charge >= 0.3 is 0 Å². The van der Waals surface area contributed by atoms with Crippen molar-refractivity contribution in [1.29, 1.82) is 0 Å². The SMILES string of the molecule is COc1ccc(C(=O)N2CCCC2c2cc(C)cc(C)c2)cc1S(=O)(=O)N(C)C. The summed E-state index contributed by atoms with van der Waals surface area (Å²) in [7, 11) is 0.597. The molecule has 0 N–H and O–H groups in total. The van der Waals surface area contributed by atoms with Crippen molar-refractivity contribution in [1.82, 2.24) is 9.21 Å². The van der Waals surface area contributed by atoms with Gasteiger partial charge in [0, 0.05) is 26.2 Å². The summed E-state index contributed by atoms with van der Waals surface area (Å²) in [5.41, 5.74) is 3.82. The highest BCUT2D eigenvalue weighted by atomic mass is 32.2. The van der Waals surface area contributed by atoms with Gasteiger partial charge in [-0.1, -0.05) is 29.3 Å². The Morgan fingerprint density at radius 2 is 1.76 bits per heavy atom. The highest BCUT2D eigenvalue weighted by Crippen LogP contribution is 2.35. The lowest BCUT2D eigenvalue weighted by Crippen LogP contribution is -2.31. The molecule has 1 fully saturated rings. The molecule has 1 heterocycles. The third-order valence-electron chi connectivity index (χ3n) is 5.31. The molecule has 1 amide bonds. The first-order chi connectivity index (χ1) is 13.6. The molecule has 156 valence electrons. The minimum atomic E-state index is -3.74. The van der Waals surface area contributed by atoms with E-state index in [4.69, 9.17) is 4.74 Å². The maximum Gasteiger partial charge on any atom is 0.254 e. The van der Waals surface area contributed by atoms with E-state index in [1.54, 1.807) is 12.1 Å². The van der Waals surface area contributed by atoms with Gasteiger partial charge in [0.15, 0.2) is 0 Å². The summed E-state index contributed by atoms with van der Waals surface area (Å²) >= 11 is 0. The number of likely N-dealkylation sites (tertiary alicyclic amines) is 1. The second-order valence-electron chi connectivity index (χ2n) is 7.73. The predicted octanol–water partition coefficient (Wildman–Crippen LogP) is 3.54. The average Bonchev–Trinajstić information content (AvgIpc) is 3.15. The first-order valence-corrected chi connectivity index (χ1v) is 11.1. The zero-order valence-electron chi connectivity index (χ0n) is 17.6. The highest BCUT2D eigenvalue weighted by Gasteiger charge is 2.32. The predicted molar refractivity (Wildman–Crippen MR) is 113 cm³/mol. The molecular formula is C22H28N2O4S. The number of carbonyl (C=O) groups is 1. The molecular weight excluding hydrogens is 388 g/mol. The van der Waals surface area contributed by atoms with Gasteiger partial charge in [0.1, 0.15) is 10.6 Å². The Kier molecular flexibility index (Phi) is 6.00. The van der Waals surface area contributed by atoms with Gasteiger partial charge in [-0.2, -0.15) is 0 Å². The fraction of sp³-hybridized carbons (Fsp3) is 0.409. The molecule has 29 heavy (non-hydrogen) atoms. The smallest absolute Gasteiger partial charge is 0.254 e. The van der Waals surface area contributed by atoms with Gasteiger partial charge in [-0.25, -0.2) is 12.7 Å². The molecule has 0 bridgehead atoms. The Bertz CT molecular complexity index is 1010. The molecule has 0 aliphatic carbocycles. The van der Waals surface area contributed by atoms with Crippen LogP contribution in [0.25, 0.3) is 0 Å². The third kappa shape index (κ3) is 4.16. The number of ether oxygens (including phenoxy) is 1. The molecule has 3 rings (SSSR count). The summed E-state index contributed by atoms with van der Waals surface area (Å²) in [6.45, 7) is 4.76. The number of carbonyl (C=O) groups excluding carboxylic acids is 1. The number of hydrogen-bond donors (Lipinski definition) is 0. The minimum Gasteiger partial charge on any atom is -0.495 e. The van der Waals surface area contributed by atoms with Crippen LogP contribution in [0.15, 0.2) is 41.3 Å². The van der Waals surface area contributed by atoms with E-state index in [2.05, 4.69) is 32.0 Å². The van der Waals surface area contributed by atoms with Crippen molar-refractivity contribution in [3.8, 4) is 5.75 Å². The molecule has 0 spiro atoms. The van der Waals surface area contributed by atoms with E-state index in [0.29, 0.717) is 12.1 Å². The van der Waals surface area contributed by atoms with Crippen LogP contribution in [0, 0.1) is 13.8 Å². The molecule has 2 aromatic carbocycles. The number of aryl methyl sites for hydroxylation is 2. The van der Waals surface area contributed by atoms with Crippen LogP contribution in [-0.2, 0) is 10.0 Å². The van der Waals surface area contributed by atoms with Crippen LogP contribution in [-0.4, -0.2) is 51.3 Å². The topological polar surface area (TPSA) is 66.9 Å². The lowest BCUT2D eigenvalue weighted by molar-refractivity contribution is 0.0735. The van der Waals surface area contributed by atoms with E-state index in [9.17, 15) is 13.2 Å². The van der Waals surface area contributed by atoms with E-state index in [0.717, 1.165) is 22.7 Å². The second-order valence-corrected chi connectivity index (χ2v) is 9.85. The molecule has 6 nitrogen and oxygen atoms in total. The largest absolute Gasteiger partial charge is 0.495 e. The van der Waals surface area contributed by atoms with E-state index in [1.807, 2.05) is 4.90 Å². The monoisotopic (exact) mass is 416 g/mol. The fourth-order valence-corrected chi connectivity index (χ4v) is 5.01. The fourth-order valence-electron chi connectivity index (χ4n) is 3.93. The minimum absolute atomic E-state index is 0.00185. The summed E-state index contributed by atoms with van der Waals surface area (Å²) in [5.74, 6) is 0.0621. The quantitative estimate of drug-likeness (QED) is 0.748. The summed E-state index contributed by atoms with van der Waals surface area (Å²) in [4.78, 5) is 15.2. The maximum atomic E-state index is 13.3. The number of methoxy groups -OCH3 is 1. The Morgan fingerprint density at radius 3 is 2.34 bits per heavy atom. The number of rotatable bonds is 5. The molecule has 0 radical (unpaired) electrons. The number of benzene rings is 2. The Hall–Kier alpha value is -2.38. The van der Waals surface area contributed by atoms with Crippen molar-refractivity contribution in [3.63, 3.8) is 0 Å². The maximum absolute atomic E-state index is 13.3. The van der Waals surface area contributed by atoms with Crippen LogP contribution in [0.2, 0.25) is 0 Å². The van der Waals surface area contributed by atoms with Crippen LogP contribution < -0.4 is 4.74 Å². The molecule has 1 aliphatic rings. The Morgan fingerprint density at radius 1 is 1.10 bits per heavy atom. The van der Waals surface area contributed by atoms with E-state index >= 15 is 0 Å². The zero-order chi connectivity index (χ0) is 21.3. The summed E-state index contributed by atoms with van der Waals surface area (Å²) < 4.78 is 31.7. The van der Waals surface area contributed by atoms with Gasteiger partial charge in [-0.15, -0.1) is 0 Å². The van der Waals surface area contributed by atoms with Crippen LogP contribution >= 0.6 is 0 Å². The number of hydrogen-bond acceptors (Lipinski definition) is 4. The summed E-state index contributed by atoms with van der Waals surface area (Å²) in [6.07, 6.45) is 1.82. The summed E-state index contributed by atoms with van der Waals surface area (Å²) in [6, 6.07) is 11.0. The molecule has 2 aromatic rings. The molecule has 1 saturated heterocycles. The standard InChI is InChI=1S/C22H28N2O4S/c1-15-11-16(2)13-18(12-15)19-7-6-10-24(19)22(25)17-8-9-20(28-5)21(14-17)29(26,27)23(3)4/h8-9,11-14,19H,6-7,10H2,1-5H3. The first kappa shape index (κ1) is 21.3. The van der Waals surface area contributed by atoms with Crippen molar-refractivity contribution in [2.75, 3.05) is 27.7 Å². The van der Waals surface area contributed by atoms with Gasteiger partial charge in [0.05, 0.1) is 13.2 Å².